The SMILES string of the molecule is O=C(CI)Nc1ccc(Br)c2c1Cc1ccccc1-2. The maximum absolute atomic E-state index is 11.6. The van der Waals surface area contributed by atoms with Gasteiger partial charge in [-0.25, -0.2) is 0 Å². The van der Waals surface area contributed by atoms with Crippen molar-refractivity contribution in [2.75, 3.05) is 9.74 Å². The van der Waals surface area contributed by atoms with Gasteiger partial charge in [-0.05, 0) is 28.8 Å². The molecule has 0 spiro atoms. The van der Waals surface area contributed by atoms with E-state index in [1.54, 1.807) is 0 Å². The lowest BCUT2D eigenvalue weighted by atomic mass is 10.0. The van der Waals surface area contributed by atoms with Gasteiger partial charge >= 0.3 is 0 Å². The maximum atomic E-state index is 11.6. The first-order valence-corrected chi connectivity index (χ1v) is 8.28. The first kappa shape index (κ1) is 13.1. The lowest BCUT2D eigenvalue weighted by molar-refractivity contribution is -0.113. The van der Waals surface area contributed by atoms with Crippen molar-refractivity contribution >= 4 is 50.1 Å². The molecule has 19 heavy (non-hydrogen) atoms. The van der Waals surface area contributed by atoms with Gasteiger partial charge in [-0.3, -0.25) is 4.79 Å². The normalized spacial score (nSPS) is 11.9. The molecule has 0 aromatic heterocycles. The van der Waals surface area contributed by atoms with Crippen molar-refractivity contribution in [1.29, 1.82) is 0 Å². The highest BCUT2D eigenvalue weighted by atomic mass is 127. The van der Waals surface area contributed by atoms with E-state index in [0.29, 0.717) is 4.43 Å². The summed E-state index contributed by atoms with van der Waals surface area (Å²) in [7, 11) is 0. The monoisotopic (exact) mass is 427 g/mol. The van der Waals surface area contributed by atoms with Gasteiger partial charge in [0.15, 0.2) is 0 Å². The van der Waals surface area contributed by atoms with Crippen LogP contribution in [-0.2, 0) is 11.2 Å². The van der Waals surface area contributed by atoms with Gasteiger partial charge in [0.25, 0.3) is 0 Å². The lowest BCUT2D eigenvalue weighted by Gasteiger charge is -2.11. The minimum absolute atomic E-state index is 0.0427. The average molecular weight is 428 g/mol. The fraction of sp³-hybridized carbons (Fsp3) is 0.133. The predicted molar refractivity (Wildman–Crippen MR) is 89.9 cm³/mol. The van der Waals surface area contributed by atoms with Crippen molar-refractivity contribution in [3.05, 3.63) is 52.0 Å². The van der Waals surface area contributed by atoms with Gasteiger partial charge in [0.05, 0.1) is 4.43 Å². The third-order valence-corrected chi connectivity index (χ3v) is 4.67. The molecule has 0 aliphatic heterocycles. The molecule has 2 nitrogen and oxygen atoms in total. The molecule has 2 aromatic rings. The van der Waals surface area contributed by atoms with Crippen molar-refractivity contribution in [2.45, 2.75) is 6.42 Å². The molecule has 0 fully saturated rings. The van der Waals surface area contributed by atoms with Crippen LogP contribution in [0.25, 0.3) is 11.1 Å². The number of alkyl halides is 1. The molecule has 0 saturated heterocycles. The summed E-state index contributed by atoms with van der Waals surface area (Å²) in [5, 5.41) is 2.99. The van der Waals surface area contributed by atoms with Crippen molar-refractivity contribution in [3.63, 3.8) is 0 Å². The van der Waals surface area contributed by atoms with E-state index in [0.717, 1.165) is 16.6 Å². The topological polar surface area (TPSA) is 29.1 Å². The Hall–Kier alpha value is -0.880. The Morgan fingerprint density at radius 3 is 2.84 bits per heavy atom. The molecule has 0 bridgehead atoms. The number of halogens is 2. The summed E-state index contributed by atoms with van der Waals surface area (Å²) >= 11 is 5.69. The Labute approximate surface area is 133 Å². The Morgan fingerprint density at radius 1 is 1.26 bits per heavy atom. The average Bonchev–Trinajstić information content (AvgIpc) is 2.82. The molecule has 0 saturated carbocycles. The molecule has 96 valence electrons. The quantitative estimate of drug-likeness (QED) is 0.476. The van der Waals surface area contributed by atoms with Gasteiger partial charge in [-0.15, -0.1) is 0 Å². The van der Waals surface area contributed by atoms with Crippen molar-refractivity contribution < 1.29 is 4.79 Å². The number of hydrogen-bond donors (Lipinski definition) is 1. The van der Waals surface area contributed by atoms with Crippen LogP contribution in [0, 0.1) is 0 Å². The van der Waals surface area contributed by atoms with E-state index in [9.17, 15) is 4.79 Å². The van der Waals surface area contributed by atoms with Gasteiger partial charge in [-0.1, -0.05) is 62.8 Å². The van der Waals surface area contributed by atoms with E-state index < -0.39 is 0 Å². The number of nitrogens with one attached hydrogen (secondary N) is 1. The van der Waals surface area contributed by atoms with Crippen molar-refractivity contribution in [1.82, 2.24) is 0 Å². The molecule has 0 atom stereocenters. The van der Waals surface area contributed by atoms with E-state index in [1.165, 1.54) is 22.3 Å². The van der Waals surface area contributed by atoms with Gasteiger partial charge in [0.2, 0.25) is 5.91 Å². The van der Waals surface area contributed by atoms with Gasteiger partial charge in [-0.2, -0.15) is 0 Å². The van der Waals surface area contributed by atoms with Crippen LogP contribution >= 0.6 is 38.5 Å². The highest BCUT2D eigenvalue weighted by molar-refractivity contribution is 14.1. The third-order valence-electron chi connectivity index (χ3n) is 3.31. The predicted octanol–water partition coefficient (Wildman–Crippen LogP) is 4.39. The second-order valence-electron chi connectivity index (χ2n) is 4.46. The highest BCUT2D eigenvalue weighted by Gasteiger charge is 2.23. The van der Waals surface area contributed by atoms with Crippen LogP contribution in [0.3, 0.4) is 0 Å². The lowest BCUT2D eigenvalue weighted by Crippen LogP contribution is -2.13. The molecule has 2 aromatic carbocycles. The van der Waals surface area contributed by atoms with Gasteiger partial charge in [0, 0.05) is 22.1 Å². The second-order valence-corrected chi connectivity index (χ2v) is 6.08. The summed E-state index contributed by atoms with van der Waals surface area (Å²) in [6.45, 7) is 0. The fourth-order valence-electron chi connectivity index (χ4n) is 2.50. The molecule has 4 heteroatoms. The fourth-order valence-corrected chi connectivity index (χ4v) is 3.28. The largest absolute Gasteiger partial charge is 0.325 e. The van der Waals surface area contributed by atoms with Crippen LogP contribution in [0.4, 0.5) is 5.69 Å². The molecule has 1 N–H and O–H groups in total. The molecule has 3 rings (SSSR count). The standard InChI is InChI=1S/C15H11BrINO/c16-12-5-6-13(18-14(19)8-17)11-7-9-3-1-2-4-10(9)15(11)12/h1-6H,7-8H2,(H,18,19). The summed E-state index contributed by atoms with van der Waals surface area (Å²) in [6, 6.07) is 12.4. The number of amides is 1. The summed E-state index contributed by atoms with van der Waals surface area (Å²) < 4.78 is 1.55. The molecule has 1 aliphatic carbocycles. The van der Waals surface area contributed by atoms with Crippen molar-refractivity contribution in [3.8, 4) is 11.1 Å². The minimum Gasteiger partial charge on any atom is -0.325 e. The van der Waals surface area contributed by atoms with Crippen LogP contribution in [0.1, 0.15) is 11.1 Å². The van der Waals surface area contributed by atoms with Crippen LogP contribution in [-0.4, -0.2) is 10.3 Å². The van der Waals surface area contributed by atoms with Crippen LogP contribution in [0.2, 0.25) is 0 Å². The maximum Gasteiger partial charge on any atom is 0.234 e. The van der Waals surface area contributed by atoms with E-state index in [-0.39, 0.29) is 5.91 Å². The van der Waals surface area contributed by atoms with E-state index in [4.69, 9.17) is 0 Å². The minimum atomic E-state index is 0.0427. The Kier molecular flexibility index (Phi) is 3.62. The smallest absolute Gasteiger partial charge is 0.234 e. The number of carbonyl (C=O) groups excluding carboxylic acids is 1. The van der Waals surface area contributed by atoms with Crippen LogP contribution in [0.5, 0.6) is 0 Å². The summed E-state index contributed by atoms with van der Waals surface area (Å²) in [6.07, 6.45) is 0.877. The van der Waals surface area contributed by atoms with E-state index in [2.05, 4.69) is 68.1 Å². The van der Waals surface area contributed by atoms with Gasteiger partial charge < -0.3 is 5.32 Å². The number of benzene rings is 2. The Bertz CT molecular complexity index is 669. The summed E-state index contributed by atoms with van der Waals surface area (Å²) in [4.78, 5) is 11.6. The van der Waals surface area contributed by atoms with Crippen LogP contribution in [0.15, 0.2) is 40.9 Å². The highest BCUT2D eigenvalue weighted by Crippen LogP contribution is 2.44. The van der Waals surface area contributed by atoms with E-state index in [1.807, 2.05) is 12.1 Å². The Morgan fingerprint density at radius 2 is 2.05 bits per heavy atom. The Balaban J connectivity index is 2.12. The number of hydrogen-bond acceptors (Lipinski definition) is 1. The number of rotatable bonds is 2. The molecular weight excluding hydrogens is 417 g/mol. The number of anilines is 1. The van der Waals surface area contributed by atoms with Crippen molar-refractivity contribution in [2.24, 2.45) is 0 Å². The number of fused-ring (bicyclic) bond motifs is 3. The van der Waals surface area contributed by atoms with E-state index >= 15 is 0 Å². The zero-order chi connectivity index (χ0) is 13.4. The molecule has 0 unspecified atom stereocenters. The van der Waals surface area contributed by atoms with Gasteiger partial charge in [0.1, 0.15) is 0 Å². The zero-order valence-electron chi connectivity index (χ0n) is 10.0. The molecule has 0 radical (unpaired) electrons. The van der Waals surface area contributed by atoms with Crippen LogP contribution < -0.4 is 5.32 Å². The molecule has 1 amide bonds. The molecular formula is C15H11BrINO. The summed E-state index contributed by atoms with van der Waals surface area (Å²) in [5.41, 5.74) is 5.91. The first-order chi connectivity index (χ1) is 9.20. The molecule has 0 heterocycles. The second kappa shape index (κ2) is 5.25. The third kappa shape index (κ3) is 2.31. The first-order valence-electron chi connectivity index (χ1n) is 5.96. The summed E-state index contributed by atoms with van der Waals surface area (Å²) in [5.74, 6) is 0.0427. The number of carbonyl (C=O) groups is 1. The zero-order valence-corrected chi connectivity index (χ0v) is 13.8. The molecule has 1 aliphatic rings.